The summed E-state index contributed by atoms with van der Waals surface area (Å²) in [4.78, 5) is 11.7. The van der Waals surface area contributed by atoms with Gasteiger partial charge in [-0.2, -0.15) is 5.26 Å². The van der Waals surface area contributed by atoms with Gasteiger partial charge in [0.05, 0.1) is 12.0 Å². The van der Waals surface area contributed by atoms with Crippen LogP contribution in [0.15, 0.2) is 27.6 Å². The first-order valence-corrected chi connectivity index (χ1v) is 7.37. The second kappa shape index (κ2) is 5.33. The van der Waals surface area contributed by atoms with E-state index in [-0.39, 0.29) is 11.8 Å². The van der Waals surface area contributed by atoms with E-state index in [0.29, 0.717) is 5.56 Å². The highest BCUT2D eigenvalue weighted by Crippen LogP contribution is 2.52. The third-order valence-corrected chi connectivity index (χ3v) is 5.17. The Hall–Kier alpha value is -0.990. The first kappa shape index (κ1) is 13.4. The fourth-order valence-corrected chi connectivity index (χ4v) is 3.75. The molecule has 0 amide bonds. The van der Waals surface area contributed by atoms with Crippen LogP contribution in [0.2, 0.25) is 0 Å². The van der Waals surface area contributed by atoms with Crippen molar-refractivity contribution in [3.8, 4) is 6.07 Å². The highest BCUT2D eigenvalue weighted by Gasteiger charge is 2.44. The molecule has 0 aromatic heterocycles. The zero-order chi connectivity index (χ0) is 13.2. The number of hydrogen-bond acceptors (Lipinski definition) is 3. The number of carboxylic acid groups (broad SMARTS) is 1. The van der Waals surface area contributed by atoms with Crippen molar-refractivity contribution in [2.75, 3.05) is 5.75 Å². The summed E-state index contributed by atoms with van der Waals surface area (Å²) >= 11 is 4.94. The van der Waals surface area contributed by atoms with Crippen molar-refractivity contribution in [3.05, 3.63) is 28.2 Å². The van der Waals surface area contributed by atoms with Crippen molar-refractivity contribution < 1.29 is 9.90 Å². The van der Waals surface area contributed by atoms with Crippen LogP contribution >= 0.6 is 27.7 Å². The van der Waals surface area contributed by atoms with Crippen LogP contribution in [0.4, 0.5) is 0 Å². The number of carbonyl (C=O) groups is 1. The van der Waals surface area contributed by atoms with Crippen LogP contribution in [0, 0.1) is 16.7 Å². The lowest BCUT2D eigenvalue weighted by atomic mass is 10.1. The number of carboxylic acids is 1. The van der Waals surface area contributed by atoms with Crippen LogP contribution in [0.5, 0.6) is 0 Å². The number of rotatable bonds is 5. The summed E-state index contributed by atoms with van der Waals surface area (Å²) in [5, 5.41) is 18.0. The first-order valence-electron chi connectivity index (χ1n) is 5.59. The number of benzene rings is 1. The number of nitriles is 1. The van der Waals surface area contributed by atoms with E-state index in [1.807, 2.05) is 18.2 Å². The van der Waals surface area contributed by atoms with Crippen LogP contribution in [-0.4, -0.2) is 16.8 Å². The Bertz CT molecular complexity index is 520. The Labute approximate surface area is 118 Å². The predicted molar refractivity (Wildman–Crippen MR) is 73.5 cm³/mol. The molecule has 1 aliphatic carbocycles. The molecule has 5 heteroatoms. The quantitative estimate of drug-likeness (QED) is 0.839. The molecule has 1 aliphatic rings. The summed E-state index contributed by atoms with van der Waals surface area (Å²) in [6, 6.07) is 7.82. The molecule has 1 N–H and O–H groups in total. The molecule has 0 saturated heterocycles. The second-order valence-corrected chi connectivity index (χ2v) is 6.46. The molecule has 1 fully saturated rings. The van der Waals surface area contributed by atoms with Crippen molar-refractivity contribution in [1.29, 1.82) is 5.26 Å². The Morgan fingerprint density at radius 2 is 2.28 bits per heavy atom. The summed E-state index contributed by atoms with van der Waals surface area (Å²) in [6.07, 6.45) is 2.18. The van der Waals surface area contributed by atoms with E-state index < -0.39 is 5.97 Å². The molecule has 94 valence electrons. The topological polar surface area (TPSA) is 61.1 Å². The number of aliphatic carboxylic acids is 1. The van der Waals surface area contributed by atoms with Gasteiger partial charge >= 0.3 is 5.97 Å². The molecule has 1 aromatic carbocycles. The lowest BCUT2D eigenvalue weighted by Crippen LogP contribution is -2.11. The first-order chi connectivity index (χ1) is 8.56. The standard InChI is InChI=1S/C13H12BrNO2S/c14-10-2-1-3-11(9(10)7-15)18-8-13(4-5-13)6-12(16)17/h1-3H,4-6,8H2,(H,16,17). The van der Waals surface area contributed by atoms with Gasteiger partial charge in [0.15, 0.2) is 0 Å². The Balaban J connectivity index is 2.05. The maximum atomic E-state index is 10.8. The van der Waals surface area contributed by atoms with Gasteiger partial charge < -0.3 is 5.11 Å². The number of hydrogen-bond donors (Lipinski definition) is 1. The van der Waals surface area contributed by atoms with Gasteiger partial charge in [0.25, 0.3) is 0 Å². The van der Waals surface area contributed by atoms with Gasteiger partial charge in [0.1, 0.15) is 6.07 Å². The zero-order valence-corrected chi connectivity index (χ0v) is 12.1. The van der Waals surface area contributed by atoms with E-state index in [1.165, 1.54) is 0 Å². The van der Waals surface area contributed by atoms with Gasteiger partial charge in [0, 0.05) is 15.1 Å². The van der Waals surface area contributed by atoms with E-state index in [1.54, 1.807) is 11.8 Å². The molecular weight excluding hydrogens is 314 g/mol. The molecule has 0 aliphatic heterocycles. The molecule has 0 unspecified atom stereocenters. The largest absolute Gasteiger partial charge is 0.481 e. The van der Waals surface area contributed by atoms with Crippen LogP contribution in [-0.2, 0) is 4.79 Å². The van der Waals surface area contributed by atoms with Crippen molar-refractivity contribution >= 4 is 33.7 Å². The van der Waals surface area contributed by atoms with Crippen molar-refractivity contribution in [3.63, 3.8) is 0 Å². The third-order valence-electron chi connectivity index (χ3n) is 3.10. The lowest BCUT2D eigenvalue weighted by Gasteiger charge is -2.12. The molecule has 0 spiro atoms. The second-order valence-electron chi connectivity index (χ2n) is 4.58. The maximum Gasteiger partial charge on any atom is 0.303 e. The van der Waals surface area contributed by atoms with E-state index >= 15 is 0 Å². The van der Waals surface area contributed by atoms with Crippen LogP contribution in [0.3, 0.4) is 0 Å². The molecule has 1 saturated carbocycles. The highest BCUT2D eigenvalue weighted by molar-refractivity contribution is 9.10. The normalized spacial score (nSPS) is 16.0. The molecule has 1 aromatic rings. The van der Waals surface area contributed by atoms with Gasteiger partial charge in [-0.1, -0.05) is 6.07 Å². The average molecular weight is 326 g/mol. The number of thioether (sulfide) groups is 1. The van der Waals surface area contributed by atoms with Crippen LogP contribution in [0.1, 0.15) is 24.8 Å². The minimum absolute atomic E-state index is 0.0501. The summed E-state index contributed by atoms with van der Waals surface area (Å²) in [5.41, 5.74) is 0.583. The third kappa shape index (κ3) is 3.06. The minimum Gasteiger partial charge on any atom is -0.481 e. The van der Waals surface area contributed by atoms with Crippen LogP contribution in [0.25, 0.3) is 0 Å². The summed E-state index contributed by atoms with van der Waals surface area (Å²) < 4.78 is 0.790. The Morgan fingerprint density at radius 3 is 2.83 bits per heavy atom. The molecule has 0 atom stereocenters. The van der Waals surface area contributed by atoms with E-state index in [9.17, 15) is 4.79 Å². The van der Waals surface area contributed by atoms with E-state index in [2.05, 4.69) is 22.0 Å². The average Bonchev–Trinajstić information content (AvgIpc) is 3.06. The SMILES string of the molecule is N#Cc1c(Br)cccc1SCC1(CC(=O)O)CC1. The molecule has 0 heterocycles. The molecule has 2 rings (SSSR count). The van der Waals surface area contributed by atoms with Crippen molar-refractivity contribution in [2.45, 2.75) is 24.2 Å². The molecule has 0 bridgehead atoms. The Morgan fingerprint density at radius 1 is 1.56 bits per heavy atom. The molecular formula is C13H12BrNO2S. The predicted octanol–water partition coefficient (Wildman–Crippen LogP) is 3.67. The number of halogens is 1. The van der Waals surface area contributed by atoms with E-state index in [4.69, 9.17) is 10.4 Å². The smallest absolute Gasteiger partial charge is 0.303 e. The molecule has 18 heavy (non-hydrogen) atoms. The maximum absolute atomic E-state index is 10.8. The molecule has 0 radical (unpaired) electrons. The highest BCUT2D eigenvalue weighted by atomic mass is 79.9. The summed E-state index contributed by atoms with van der Waals surface area (Å²) in [7, 11) is 0. The van der Waals surface area contributed by atoms with Gasteiger partial charge in [-0.3, -0.25) is 4.79 Å². The fourth-order valence-electron chi connectivity index (χ4n) is 1.83. The monoisotopic (exact) mass is 325 g/mol. The van der Waals surface area contributed by atoms with Crippen molar-refractivity contribution in [1.82, 2.24) is 0 Å². The van der Waals surface area contributed by atoms with Gasteiger partial charge in [-0.05, 0) is 46.3 Å². The lowest BCUT2D eigenvalue weighted by molar-refractivity contribution is -0.138. The fraction of sp³-hybridized carbons (Fsp3) is 0.385. The van der Waals surface area contributed by atoms with Gasteiger partial charge in [0.2, 0.25) is 0 Å². The Kier molecular flexibility index (Phi) is 3.98. The van der Waals surface area contributed by atoms with E-state index in [0.717, 1.165) is 28.0 Å². The number of nitrogens with zero attached hydrogens (tertiary/aromatic N) is 1. The van der Waals surface area contributed by atoms with Crippen LogP contribution < -0.4 is 0 Å². The zero-order valence-electron chi connectivity index (χ0n) is 9.65. The summed E-state index contributed by atoms with van der Waals surface area (Å²) in [6.45, 7) is 0. The van der Waals surface area contributed by atoms with Gasteiger partial charge in [-0.15, -0.1) is 11.8 Å². The van der Waals surface area contributed by atoms with Gasteiger partial charge in [-0.25, -0.2) is 0 Å². The van der Waals surface area contributed by atoms with Crippen molar-refractivity contribution in [2.24, 2.45) is 5.41 Å². The molecule has 3 nitrogen and oxygen atoms in total. The summed E-state index contributed by atoms with van der Waals surface area (Å²) in [5.74, 6) is 0.0348. The minimum atomic E-state index is -0.733.